The highest BCUT2D eigenvalue weighted by atomic mass is 16.5. The predicted octanol–water partition coefficient (Wildman–Crippen LogP) is 2.04. The van der Waals surface area contributed by atoms with Crippen molar-refractivity contribution in [3.8, 4) is 11.8 Å². The molecule has 0 aliphatic heterocycles. The second-order valence-corrected chi connectivity index (χ2v) is 5.26. The van der Waals surface area contributed by atoms with Crippen LogP contribution >= 0.6 is 0 Å². The standard InChI is InChI=1S/C19H18N2O3/c1-24-17-8-6-14(7-9-17)10-11-21-19(23)18(22)12-15-2-4-16(13-20)5-3-15/h2-9H,10-12H2,1H3,(H,21,23). The third kappa shape index (κ3) is 4.96. The largest absolute Gasteiger partial charge is 0.497 e. The fraction of sp³-hybridized carbons (Fsp3) is 0.211. The number of hydrogen-bond donors (Lipinski definition) is 1. The molecule has 0 aliphatic carbocycles. The number of methoxy groups -OCH3 is 1. The zero-order chi connectivity index (χ0) is 17.4. The van der Waals surface area contributed by atoms with Crippen LogP contribution in [0.1, 0.15) is 16.7 Å². The monoisotopic (exact) mass is 322 g/mol. The topological polar surface area (TPSA) is 79.2 Å². The number of nitrogens with zero attached hydrogens (tertiary/aromatic N) is 1. The third-order valence-corrected chi connectivity index (χ3v) is 3.56. The summed E-state index contributed by atoms with van der Waals surface area (Å²) < 4.78 is 5.08. The van der Waals surface area contributed by atoms with E-state index in [1.54, 1.807) is 31.4 Å². The van der Waals surface area contributed by atoms with E-state index in [1.165, 1.54) is 0 Å². The van der Waals surface area contributed by atoms with Gasteiger partial charge in [-0.15, -0.1) is 0 Å². The minimum absolute atomic E-state index is 0.0279. The van der Waals surface area contributed by atoms with Gasteiger partial charge in [-0.1, -0.05) is 24.3 Å². The molecule has 0 aromatic heterocycles. The summed E-state index contributed by atoms with van der Waals surface area (Å²) in [5, 5.41) is 11.4. The number of amides is 1. The molecule has 5 nitrogen and oxygen atoms in total. The number of ether oxygens (including phenoxy) is 1. The van der Waals surface area contributed by atoms with E-state index in [-0.39, 0.29) is 6.42 Å². The number of Topliss-reactive ketones (excluding diaryl/α,β-unsaturated/α-hetero) is 1. The lowest BCUT2D eigenvalue weighted by Crippen LogP contribution is -2.33. The maximum absolute atomic E-state index is 11.9. The molecule has 2 aromatic rings. The Labute approximate surface area is 140 Å². The molecule has 0 bridgehead atoms. The fourth-order valence-electron chi connectivity index (χ4n) is 2.17. The van der Waals surface area contributed by atoms with E-state index < -0.39 is 11.7 Å². The maximum atomic E-state index is 11.9. The first-order valence-electron chi connectivity index (χ1n) is 7.55. The highest BCUT2D eigenvalue weighted by Crippen LogP contribution is 2.11. The lowest BCUT2D eigenvalue weighted by molar-refractivity contribution is -0.137. The fourth-order valence-corrected chi connectivity index (χ4v) is 2.17. The summed E-state index contributed by atoms with van der Waals surface area (Å²) in [6.45, 7) is 0.393. The first-order chi connectivity index (χ1) is 11.6. The lowest BCUT2D eigenvalue weighted by Gasteiger charge is -2.06. The number of ketones is 1. The van der Waals surface area contributed by atoms with Crippen molar-refractivity contribution in [3.63, 3.8) is 0 Å². The second-order valence-electron chi connectivity index (χ2n) is 5.26. The Bertz CT molecular complexity index is 744. The molecule has 24 heavy (non-hydrogen) atoms. The van der Waals surface area contributed by atoms with Gasteiger partial charge in [-0.05, 0) is 41.8 Å². The van der Waals surface area contributed by atoms with Gasteiger partial charge in [0.1, 0.15) is 5.75 Å². The Hall–Kier alpha value is -3.13. The van der Waals surface area contributed by atoms with Gasteiger partial charge in [0, 0.05) is 13.0 Å². The molecular weight excluding hydrogens is 304 g/mol. The van der Waals surface area contributed by atoms with Gasteiger partial charge in [-0.2, -0.15) is 5.26 Å². The molecule has 1 N–H and O–H groups in total. The zero-order valence-corrected chi connectivity index (χ0v) is 13.4. The van der Waals surface area contributed by atoms with E-state index in [9.17, 15) is 9.59 Å². The van der Waals surface area contributed by atoms with Crippen molar-refractivity contribution in [2.45, 2.75) is 12.8 Å². The van der Waals surface area contributed by atoms with Crippen LogP contribution in [0, 0.1) is 11.3 Å². The summed E-state index contributed by atoms with van der Waals surface area (Å²) in [4.78, 5) is 23.7. The summed E-state index contributed by atoms with van der Waals surface area (Å²) >= 11 is 0. The maximum Gasteiger partial charge on any atom is 0.287 e. The van der Waals surface area contributed by atoms with Gasteiger partial charge in [0.15, 0.2) is 0 Å². The van der Waals surface area contributed by atoms with E-state index in [4.69, 9.17) is 10.00 Å². The van der Waals surface area contributed by atoms with Crippen LogP contribution in [-0.2, 0) is 22.4 Å². The molecular formula is C19H18N2O3. The quantitative estimate of drug-likeness (QED) is 0.791. The molecule has 5 heteroatoms. The average Bonchev–Trinajstić information content (AvgIpc) is 2.62. The van der Waals surface area contributed by atoms with Gasteiger partial charge in [-0.3, -0.25) is 9.59 Å². The summed E-state index contributed by atoms with van der Waals surface area (Å²) in [6, 6.07) is 16.2. The second kappa shape index (κ2) is 8.49. The van der Waals surface area contributed by atoms with Gasteiger partial charge >= 0.3 is 0 Å². The number of nitrogens with one attached hydrogen (secondary N) is 1. The zero-order valence-electron chi connectivity index (χ0n) is 13.4. The van der Waals surface area contributed by atoms with E-state index in [2.05, 4.69) is 5.32 Å². The molecule has 0 fully saturated rings. The van der Waals surface area contributed by atoms with Crippen LogP contribution in [0.15, 0.2) is 48.5 Å². The summed E-state index contributed by atoms with van der Waals surface area (Å²) in [5.74, 6) is -0.303. The summed E-state index contributed by atoms with van der Waals surface area (Å²) in [7, 11) is 1.61. The highest BCUT2D eigenvalue weighted by Gasteiger charge is 2.13. The van der Waals surface area contributed by atoms with Crippen molar-refractivity contribution in [1.82, 2.24) is 5.32 Å². The van der Waals surface area contributed by atoms with Crippen LogP contribution in [0.2, 0.25) is 0 Å². The Morgan fingerprint density at radius 3 is 2.25 bits per heavy atom. The minimum Gasteiger partial charge on any atom is -0.497 e. The first-order valence-corrected chi connectivity index (χ1v) is 7.55. The van der Waals surface area contributed by atoms with Gasteiger partial charge < -0.3 is 10.1 Å². The Morgan fingerprint density at radius 1 is 1.04 bits per heavy atom. The van der Waals surface area contributed by atoms with Gasteiger partial charge in [0.25, 0.3) is 5.91 Å². The van der Waals surface area contributed by atoms with E-state index >= 15 is 0 Å². The molecule has 0 spiro atoms. The molecule has 2 rings (SSSR count). The van der Waals surface area contributed by atoms with Crippen LogP contribution in [0.4, 0.5) is 0 Å². The molecule has 0 atom stereocenters. The van der Waals surface area contributed by atoms with Crippen molar-refractivity contribution in [1.29, 1.82) is 5.26 Å². The van der Waals surface area contributed by atoms with Crippen LogP contribution < -0.4 is 10.1 Å². The minimum atomic E-state index is -0.590. The van der Waals surface area contributed by atoms with Crippen molar-refractivity contribution < 1.29 is 14.3 Å². The smallest absolute Gasteiger partial charge is 0.287 e. The number of rotatable bonds is 7. The van der Waals surface area contributed by atoms with Crippen LogP contribution in [0.3, 0.4) is 0 Å². The number of nitriles is 1. The molecule has 0 radical (unpaired) electrons. The van der Waals surface area contributed by atoms with Crippen molar-refractivity contribution in [3.05, 3.63) is 65.2 Å². The van der Waals surface area contributed by atoms with Crippen molar-refractivity contribution >= 4 is 11.7 Å². The Kier molecular flexibility index (Phi) is 6.09. The first kappa shape index (κ1) is 17.2. The molecule has 1 amide bonds. The molecule has 2 aromatic carbocycles. The van der Waals surface area contributed by atoms with Crippen molar-refractivity contribution in [2.24, 2.45) is 0 Å². The molecule has 0 saturated carbocycles. The van der Waals surface area contributed by atoms with E-state index in [1.807, 2.05) is 30.3 Å². The number of carbonyl (C=O) groups excluding carboxylic acids is 2. The van der Waals surface area contributed by atoms with Crippen LogP contribution in [-0.4, -0.2) is 25.3 Å². The average molecular weight is 322 g/mol. The summed E-state index contributed by atoms with van der Waals surface area (Å²) in [5.41, 5.74) is 2.29. The van der Waals surface area contributed by atoms with Crippen LogP contribution in [0.5, 0.6) is 5.75 Å². The van der Waals surface area contributed by atoms with E-state index in [0.29, 0.717) is 24.1 Å². The third-order valence-electron chi connectivity index (χ3n) is 3.56. The summed E-state index contributed by atoms with van der Waals surface area (Å²) in [6.07, 6.45) is 0.667. The number of hydrogen-bond acceptors (Lipinski definition) is 4. The SMILES string of the molecule is COc1ccc(CCNC(=O)C(=O)Cc2ccc(C#N)cc2)cc1. The molecule has 0 heterocycles. The molecule has 0 saturated heterocycles. The molecule has 0 unspecified atom stereocenters. The Morgan fingerprint density at radius 2 is 1.67 bits per heavy atom. The van der Waals surface area contributed by atoms with Gasteiger partial charge in [-0.25, -0.2) is 0 Å². The van der Waals surface area contributed by atoms with Gasteiger partial charge in [0.2, 0.25) is 5.78 Å². The highest BCUT2D eigenvalue weighted by molar-refractivity contribution is 6.36. The lowest BCUT2D eigenvalue weighted by atomic mass is 10.1. The van der Waals surface area contributed by atoms with Crippen molar-refractivity contribution in [2.75, 3.05) is 13.7 Å². The molecule has 0 aliphatic rings. The van der Waals surface area contributed by atoms with E-state index in [0.717, 1.165) is 11.3 Å². The Balaban J connectivity index is 1.78. The normalized spacial score (nSPS) is 9.83. The predicted molar refractivity (Wildman–Crippen MR) is 89.6 cm³/mol. The number of carbonyl (C=O) groups is 2. The molecule has 122 valence electrons. The number of benzene rings is 2. The van der Waals surface area contributed by atoms with Crippen LogP contribution in [0.25, 0.3) is 0 Å². The van der Waals surface area contributed by atoms with Gasteiger partial charge in [0.05, 0.1) is 18.7 Å².